The largest absolute Gasteiger partial charge is 0.427 e. The number of aromatic nitrogens is 1. The van der Waals surface area contributed by atoms with Gasteiger partial charge in [0.1, 0.15) is 4.88 Å². The molecule has 0 aliphatic carbocycles. The van der Waals surface area contributed by atoms with Gasteiger partial charge in [0.15, 0.2) is 5.13 Å². The highest BCUT2D eigenvalue weighted by molar-refractivity contribution is 7.15. The SMILES string of the molecule is CCCN1CCC(Nc2ncc(C(F)(F)F)s2)CC1. The topological polar surface area (TPSA) is 28.2 Å². The summed E-state index contributed by atoms with van der Waals surface area (Å²) in [6, 6.07) is 0.236. The van der Waals surface area contributed by atoms with Gasteiger partial charge in [-0.2, -0.15) is 13.2 Å². The molecule has 1 aliphatic rings. The molecule has 0 atom stereocenters. The zero-order chi connectivity index (χ0) is 13.9. The molecule has 3 nitrogen and oxygen atoms in total. The van der Waals surface area contributed by atoms with Crippen LogP contribution in [0.3, 0.4) is 0 Å². The summed E-state index contributed by atoms with van der Waals surface area (Å²) in [6.07, 6.45) is -0.331. The van der Waals surface area contributed by atoms with Crippen LogP contribution in [0.1, 0.15) is 31.1 Å². The minimum atomic E-state index is -4.29. The second kappa shape index (κ2) is 6.09. The fraction of sp³-hybridized carbons (Fsp3) is 0.750. The Bertz CT molecular complexity index is 397. The number of thiazole rings is 1. The highest BCUT2D eigenvalue weighted by Gasteiger charge is 2.33. The first-order chi connectivity index (χ1) is 8.99. The van der Waals surface area contributed by atoms with Crippen LogP contribution in [0.5, 0.6) is 0 Å². The number of nitrogens with zero attached hydrogens (tertiary/aromatic N) is 2. The van der Waals surface area contributed by atoms with Gasteiger partial charge in [-0.1, -0.05) is 18.3 Å². The molecule has 2 rings (SSSR count). The third-order valence-electron chi connectivity index (χ3n) is 3.24. The summed E-state index contributed by atoms with van der Waals surface area (Å²) in [5.41, 5.74) is 0. The molecule has 0 aromatic carbocycles. The molecule has 2 heterocycles. The zero-order valence-corrected chi connectivity index (χ0v) is 11.7. The van der Waals surface area contributed by atoms with Crippen molar-refractivity contribution in [2.45, 2.75) is 38.4 Å². The van der Waals surface area contributed by atoms with Gasteiger partial charge in [-0.25, -0.2) is 4.98 Å². The second-order valence-electron chi connectivity index (χ2n) is 4.79. The lowest BCUT2D eigenvalue weighted by molar-refractivity contribution is -0.134. The molecule has 0 amide bonds. The third-order valence-corrected chi connectivity index (χ3v) is 4.21. The lowest BCUT2D eigenvalue weighted by Crippen LogP contribution is -2.39. The summed E-state index contributed by atoms with van der Waals surface area (Å²) < 4.78 is 37.4. The molecule has 7 heteroatoms. The van der Waals surface area contributed by atoms with Crippen molar-refractivity contribution in [3.63, 3.8) is 0 Å². The van der Waals surface area contributed by atoms with E-state index in [4.69, 9.17) is 0 Å². The normalized spacial score (nSPS) is 18.7. The van der Waals surface area contributed by atoms with Gasteiger partial charge in [0.25, 0.3) is 0 Å². The van der Waals surface area contributed by atoms with E-state index in [2.05, 4.69) is 22.1 Å². The van der Waals surface area contributed by atoms with Crippen LogP contribution in [0.25, 0.3) is 0 Å². The lowest BCUT2D eigenvalue weighted by Gasteiger charge is -2.31. The molecule has 0 bridgehead atoms. The maximum absolute atomic E-state index is 12.5. The Balaban J connectivity index is 1.84. The van der Waals surface area contributed by atoms with E-state index in [9.17, 15) is 13.2 Å². The van der Waals surface area contributed by atoms with E-state index in [-0.39, 0.29) is 6.04 Å². The lowest BCUT2D eigenvalue weighted by atomic mass is 10.1. The van der Waals surface area contributed by atoms with Gasteiger partial charge in [-0.15, -0.1) is 0 Å². The summed E-state index contributed by atoms with van der Waals surface area (Å²) in [4.78, 5) is 5.56. The van der Waals surface area contributed by atoms with Crippen LogP contribution in [0.2, 0.25) is 0 Å². The Morgan fingerprint density at radius 2 is 2.11 bits per heavy atom. The van der Waals surface area contributed by atoms with Crippen molar-refractivity contribution < 1.29 is 13.2 Å². The maximum atomic E-state index is 12.5. The van der Waals surface area contributed by atoms with E-state index in [1.54, 1.807) is 0 Å². The van der Waals surface area contributed by atoms with Gasteiger partial charge in [0, 0.05) is 19.1 Å². The zero-order valence-electron chi connectivity index (χ0n) is 10.8. The fourth-order valence-corrected chi connectivity index (χ4v) is 3.02. The van der Waals surface area contributed by atoms with Crippen molar-refractivity contribution in [3.8, 4) is 0 Å². The monoisotopic (exact) mass is 293 g/mol. The molecule has 19 heavy (non-hydrogen) atoms. The first-order valence-corrected chi connectivity index (χ1v) is 7.32. The van der Waals surface area contributed by atoms with Gasteiger partial charge in [-0.05, 0) is 25.8 Å². The molecule has 1 aliphatic heterocycles. The first-order valence-electron chi connectivity index (χ1n) is 6.51. The van der Waals surface area contributed by atoms with Crippen LogP contribution >= 0.6 is 11.3 Å². The van der Waals surface area contributed by atoms with E-state index in [1.165, 1.54) is 0 Å². The Hall–Kier alpha value is -0.820. The summed E-state index contributed by atoms with van der Waals surface area (Å²) in [7, 11) is 0. The van der Waals surface area contributed by atoms with Crippen molar-refractivity contribution in [2.24, 2.45) is 0 Å². The molecule has 0 saturated carbocycles. The van der Waals surface area contributed by atoms with E-state index < -0.39 is 11.1 Å². The second-order valence-corrected chi connectivity index (χ2v) is 5.82. The summed E-state index contributed by atoms with van der Waals surface area (Å²) in [5, 5.41) is 3.49. The van der Waals surface area contributed by atoms with Gasteiger partial charge in [0.05, 0.1) is 6.20 Å². The first kappa shape index (κ1) is 14.6. The van der Waals surface area contributed by atoms with Crippen LogP contribution in [-0.2, 0) is 6.18 Å². The molecule has 0 radical (unpaired) electrons. The Kier molecular flexibility index (Phi) is 4.67. The predicted octanol–water partition coefficient (Wildman–Crippen LogP) is 3.45. The van der Waals surface area contributed by atoms with Gasteiger partial charge in [-0.3, -0.25) is 0 Å². The Labute approximate surface area is 114 Å². The van der Waals surface area contributed by atoms with E-state index in [0.717, 1.165) is 45.1 Å². The average molecular weight is 293 g/mol. The van der Waals surface area contributed by atoms with E-state index in [0.29, 0.717) is 16.5 Å². The molecule has 1 N–H and O–H groups in total. The standard InChI is InChI=1S/C12H18F3N3S/c1-2-5-18-6-3-9(4-7-18)17-11-16-8-10(19-11)12(13,14)15/h8-9H,2-7H2,1H3,(H,16,17). The quantitative estimate of drug-likeness (QED) is 0.921. The fourth-order valence-electron chi connectivity index (χ4n) is 2.26. The van der Waals surface area contributed by atoms with Crippen LogP contribution < -0.4 is 5.32 Å². The van der Waals surface area contributed by atoms with E-state index in [1.807, 2.05) is 0 Å². The van der Waals surface area contributed by atoms with Crippen molar-refractivity contribution >= 4 is 16.5 Å². The molecule has 1 aromatic heterocycles. The number of anilines is 1. The van der Waals surface area contributed by atoms with Crippen LogP contribution in [-0.4, -0.2) is 35.6 Å². The van der Waals surface area contributed by atoms with Crippen LogP contribution in [0.4, 0.5) is 18.3 Å². The molecule has 1 aromatic rings. The number of halogens is 3. The Morgan fingerprint density at radius 3 is 2.63 bits per heavy atom. The van der Waals surface area contributed by atoms with Gasteiger partial charge in [0.2, 0.25) is 0 Å². The number of rotatable bonds is 4. The number of likely N-dealkylation sites (tertiary alicyclic amines) is 1. The molecule has 0 spiro atoms. The third kappa shape index (κ3) is 4.07. The molecule has 1 saturated heterocycles. The Morgan fingerprint density at radius 1 is 1.42 bits per heavy atom. The molecule has 0 unspecified atom stereocenters. The number of piperidine rings is 1. The average Bonchev–Trinajstić information content (AvgIpc) is 2.80. The summed E-state index contributed by atoms with van der Waals surface area (Å²) in [6.45, 7) is 5.26. The molecular weight excluding hydrogens is 275 g/mol. The molecular formula is C12H18F3N3S. The van der Waals surface area contributed by atoms with Crippen molar-refractivity contribution in [1.29, 1.82) is 0 Å². The molecule has 108 valence electrons. The number of alkyl halides is 3. The minimum absolute atomic E-state index is 0.236. The van der Waals surface area contributed by atoms with Crippen molar-refractivity contribution in [2.75, 3.05) is 25.0 Å². The van der Waals surface area contributed by atoms with Crippen LogP contribution in [0, 0.1) is 0 Å². The van der Waals surface area contributed by atoms with Crippen molar-refractivity contribution in [3.05, 3.63) is 11.1 Å². The van der Waals surface area contributed by atoms with Gasteiger partial charge >= 0.3 is 6.18 Å². The number of hydrogen-bond donors (Lipinski definition) is 1. The predicted molar refractivity (Wildman–Crippen MR) is 70.5 cm³/mol. The highest BCUT2D eigenvalue weighted by Crippen LogP contribution is 2.35. The molecule has 1 fully saturated rings. The number of hydrogen-bond acceptors (Lipinski definition) is 4. The highest BCUT2D eigenvalue weighted by atomic mass is 32.1. The number of nitrogens with one attached hydrogen (secondary N) is 1. The van der Waals surface area contributed by atoms with Gasteiger partial charge < -0.3 is 10.2 Å². The van der Waals surface area contributed by atoms with Crippen molar-refractivity contribution in [1.82, 2.24) is 9.88 Å². The minimum Gasteiger partial charge on any atom is -0.359 e. The summed E-state index contributed by atoms with van der Waals surface area (Å²) in [5.74, 6) is 0. The van der Waals surface area contributed by atoms with E-state index >= 15 is 0 Å². The summed E-state index contributed by atoms with van der Waals surface area (Å²) >= 11 is 0.684. The maximum Gasteiger partial charge on any atom is 0.427 e. The smallest absolute Gasteiger partial charge is 0.359 e. The van der Waals surface area contributed by atoms with Crippen LogP contribution in [0.15, 0.2) is 6.20 Å².